The summed E-state index contributed by atoms with van der Waals surface area (Å²) in [6.07, 6.45) is 7.56. The van der Waals surface area contributed by atoms with E-state index in [1.807, 2.05) is 0 Å². The highest BCUT2D eigenvalue weighted by Gasteiger charge is 2.40. The third-order valence-corrected chi connectivity index (χ3v) is 6.20. The largest absolute Gasteiger partial charge is 0.337 e. The summed E-state index contributed by atoms with van der Waals surface area (Å²) in [5.74, 6) is 2.22. The molecule has 0 aromatic rings. The molecule has 2 aliphatic rings. The lowest BCUT2D eigenvalue weighted by molar-refractivity contribution is -0.141. The Kier molecular flexibility index (Phi) is 5.66. The smallest absolute Gasteiger partial charge is 0.223 e. The summed E-state index contributed by atoms with van der Waals surface area (Å²) in [6, 6.07) is 0.766. The minimum atomic E-state index is -0.0282. The maximum Gasteiger partial charge on any atom is 0.223 e. The van der Waals surface area contributed by atoms with Crippen LogP contribution < -0.4 is 0 Å². The van der Waals surface area contributed by atoms with Crippen molar-refractivity contribution in [2.45, 2.75) is 97.0 Å². The van der Waals surface area contributed by atoms with Gasteiger partial charge < -0.3 is 4.90 Å². The lowest BCUT2D eigenvalue weighted by Crippen LogP contribution is -2.52. The van der Waals surface area contributed by atoms with Crippen molar-refractivity contribution in [2.75, 3.05) is 0 Å². The van der Waals surface area contributed by atoms with Crippen molar-refractivity contribution in [1.82, 2.24) is 4.90 Å². The van der Waals surface area contributed by atoms with Gasteiger partial charge in [-0.1, -0.05) is 45.3 Å². The second-order valence-electron chi connectivity index (χ2n) is 8.59. The van der Waals surface area contributed by atoms with Crippen molar-refractivity contribution in [1.29, 1.82) is 0 Å². The molecule has 4 unspecified atom stereocenters. The molecule has 0 bridgehead atoms. The molecule has 3 heteroatoms. The predicted molar refractivity (Wildman–Crippen MR) is 94.0 cm³/mol. The number of carbonyl (C=O) groups is 1. The number of hydrogen-bond acceptors (Lipinski definition) is 1. The van der Waals surface area contributed by atoms with Crippen molar-refractivity contribution < 1.29 is 4.79 Å². The van der Waals surface area contributed by atoms with Gasteiger partial charge in [-0.15, -0.1) is 0 Å². The summed E-state index contributed by atoms with van der Waals surface area (Å²) in [4.78, 5) is 14.6. The molecule has 1 aliphatic carbocycles. The summed E-state index contributed by atoms with van der Waals surface area (Å²) < 4.78 is 0. The summed E-state index contributed by atoms with van der Waals surface area (Å²) >= 11 is 0. The van der Waals surface area contributed by atoms with Crippen LogP contribution in [-0.2, 0) is 4.79 Å². The van der Waals surface area contributed by atoms with Crippen LogP contribution in [0.5, 0.6) is 0 Å². The Morgan fingerprint density at radius 2 is 1.91 bits per heavy atom. The molecule has 22 heavy (non-hydrogen) atoms. The molecule has 2 radical (unpaired) electrons. The highest BCUT2D eigenvalue weighted by atomic mass is 16.2. The van der Waals surface area contributed by atoms with Crippen LogP contribution in [0.4, 0.5) is 0 Å². The number of hydrogen-bond donors (Lipinski definition) is 0. The van der Waals surface area contributed by atoms with Crippen LogP contribution >= 0.6 is 0 Å². The predicted octanol–water partition coefficient (Wildman–Crippen LogP) is 4.59. The Morgan fingerprint density at radius 1 is 1.23 bits per heavy atom. The number of fused-ring (bicyclic) bond motifs is 1. The lowest BCUT2D eigenvalue weighted by Gasteiger charge is -2.44. The zero-order valence-corrected chi connectivity index (χ0v) is 15.3. The zero-order valence-electron chi connectivity index (χ0n) is 15.3. The van der Waals surface area contributed by atoms with E-state index in [4.69, 9.17) is 7.85 Å². The van der Waals surface area contributed by atoms with Gasteiger partial charge in [0, 0.05) is 18.5 Å². The molecule has 2 fully saturated rings. The Balaban J connectivity index is 2.20. The average molecular weight is 303 g/mol. The first-order valence-electron chi connectivity index (χ1n) is 9.34. The minimum Gasteiger partial charge on any atom is -0.337 e. The van der Waals surface area contributed by atoms with E-state index < -0.39 is 0 Å². The van der Waals surface area contributed by atoms with E-state index in [2.05, 4.69) is 39.5 Å². The van der Waals surface area contributed by atoms with Gasteiger partial charge in [-0.3, -0.25) is 4.79 Å². The summed E-state index contributed by atoms with van der Waals surface area (Å²) in [5.41, 5.74) is 0. The fourth-order valence-electron chi connectivity index (χ4n) is 4.88. The number of nitrogens with zero attached hydrogens (tertiary/aromatic N) is 1. The van der Waals surface area contributed by atoms with Crippen molar-refractivity contribution in [3.63, 3.8) is 0 Å². The summed E-state index contributed by atoms with van der Waals surface area (Å²) in [6.45, 7) is 11.2. The molecule has 1 saturated heterocycles. The van der Waals surface area contributed by atoms with Crippen LogP contribution in [0, 0.1) is 17.8 Å². The van der Waals surface area contributed by atoms with Gasteiger partial charge in [-0.25, -0.2) is 0 Å². The van der Waals surface area contributed by atoms with Gasteiger partial charge in [0.05, 0.1) is 7.85 Å². The van der Waals surface area contributed by atoms with E-state index in [1.54, 1.807) is 0 Å². The fourth-order valence-corrected chi connectivity index (χ4v) is 4.88. The van der Waals surface area contributed by atoms with Crippen molar-refractivity contribution in [3.8, 4) is 0 Å². The maximum absolute atomic E-state index is 12.4. The number of carbonyl (C=O) groups excluding carboxylic acids is 1. The van der Waals surface area contributed by atoms with E-state index >= 15 is 0 Å². The molecule has 0 aromatic heterocycles. The first-order chi connectivity index (χ1) is 10.2. The van der Waals surface area contributed by atoms with Gasteiger partial charge in [-0.2, -0.15) is 0 Å². The summed E-state index contributed by atoms with van der Waals surface area (Å²) in [5, 5.41) is -0.0282. The number of rotatable bonds is 2. The average Bonchev–Trinajstić information content (AvgIpc) is 2.46. The number of amides is 1. The van der Waals surface area contributed by atoms with E-state index in [9.17, 15) is 4.79 Å². The molecule has 0 N–H and O–H groups in total. The topological polar surface area (TPSA) is 20.3 Å². The molecule has 4 atom stereocenters. The molecule has 1 heterocycles. The van der Waals surface area contributed by atoms with Crippen molar-refractivity contribution in [3.05, 3.63) is 0 Å². The van der Waals surface area contributed by atoms with Crippen molar-refractivity contribution in [2.24, 2.45) is 17.8 Å². The third-order valence-electron chi connectivity index (χ3n) is 6.20. The van der Waals surface area contributed by atoms with Gasteiger partial charge in [0.1, 0.15) is 0 Å². The van der Waals surface area contributed by atoms with E-state index in [-0.39, 0.29) is 5.31 Å². The highest BCUT2D eigenvalue weighted by Crippen LogP contribution is 2.47. The third kappa shape index (κ3) is 3.71. The molecule has 124 valence electrons. The van der Waals surface area contributed by atoms with Gasteiger partial charge in [0.25, 0.3) is 0 Å². The molecule has 1 saturated carbocycles. The number of piperidine rings is 1. The second kappa shape index (κ2) is 6.97. The molecule has 2 rings (SSSR count). The Labute approximate surface area is 138 Å². The maximum atomic E-state index is 12.4. The Bertz CT molecular complexity index is 395. The highest BCUT2D eigenvalue weighted by molar-refractivity contribution is 6.15. The zero-order chi connectivity index (χ0) is 16.5. The summed E-state index contributed by atoms with van der Waals surface area (Å²) in [7, 11) is 6.76. The molecule has 0 aromatic carbocycles. The molecular weight excluding hydrogens is 269 g/mol. The van der Waals surface area contributed by atoms with Gasteiger partial charge >= 0.3 is 0 Å². The van der Waals surface area contributed by atoms with Gasteiger partial charge in [0.2, 0.25) is 5.91 Å². The lowest BCUT2D eigenvalue weighted by atomic mass is 9.55. The van der Waals surface area contributed by atoms with Crippen LogP contribution in [0.15, 0.2) is 0 Å². The Morgan fingerprint density at radius 3 is 2.50 bits per heavy atom. The van der Waals surface area contributed by atoms with Crippen LogP contribution in [0.2, 0.25) is 5.31 Å². The number of likely N-dealkylation sites (tertiary alicyclic amines) is 1. The van der Waals surface area contributed by atoms with Crippen LogP contribution in [0.25, 0.3) is 0 Å². The monoisotopic (exact) mass is 303 g/mol. The van der Waals surface area contributed by atoms with Crippen LogP contribution in [-0.4, -0.2) is 30.7 Å². The van der Waals surface area contributed by atoms with Gasteiger partial charge in [0.15, 0.2) is 0 Å². The minimum absolute atomic E-state index is 0.0282. The molecule has 0 spiro atoms. The Hall–Kier alpha value is -0.465. The normalized spacial score (nSPS) is 37.7. The van der Waals surface area contributed by atoms with Gasteiger partial charge in [-0.05, 0) is 50.9 Å². The molecular formula is C19H34BNO. The molecule has 1 amide bonds. The van der Waals surface area contributed by atoms with Crippen LogP contribution in [0.1, 0.15) is 79.6 Å². The van der Waals surface area contributed by atoms with Crippen LogP contribution in [0.3, 0.4) is 0 Å². The molecule has 2 nitrogen and oxygen atoms in total. The van der Waals surface area contributed by atoms with E-state index in [0.29, 0.717) is 35.7 Å². The molecule has 1 aliphatic heterocycles. The van der Waals surface area contributed by atoms with Crippen molar-refractivity contribution >= 4 is 13.8 Å². The quantitative estimate of drug-likeness (QED) is 0.683. The fraction of sp³-hybridized carbons (Fsp3) is 0.947. The second-order valence-corrected chi connectivity index (χ2v) is 8.59. The van der Waals surface area contributed by atoms with E-state index in [0.717, 1.165) is 38.5 Å². The van der Waals surface area contributed by atoms with E-state index in [1.165, 1.54) is 6.42 Å². The SMILES string of the molecule is [B]C1(C(C)C)CCCC2C(CCC(=O)N2C(C)C)CC(C)C1. The standard InChI is InChI=1S/C19H34BNO/c1-13(2)19(20)10-6-7-17-16(11-15(5)12-19)8-9-18(22)21(17)14(3)4/h13-17H,6-12H2,1-5H3. The first kappa shape index (κ1) is 17.9. The first-order valence-corrected chi connectivity index (χ1v) is 9.34.